The molecule has 4 N–H and O–H groups in total. The van der Waals surface area contributed by atoms with E-state index in [0.29, 0.717) is 30.3 Å². The number of carbonyl (C=O) groups excluding carboxylic acids is 2. The molecular formula is C30H31F3N4O6. The Balaban J connectivity index is 0.000000646. The van der Waals surface area contributed by atoms with Crippen molar-refractivity contribution in [3.05, 3.63) is 77.6 Å². The Morgan fingerprint density at radius 1 is 0.930 bits per heavy atom. The second-order valence-electron chi connectivity index (χ2n) is 10.1. The number of pyridine rings is 1. The van der Waals surface area contributed by atoms with Gasteiger partial charge < -0.3 is 25.7 Å². The third-order valence-corrected chi connectivity index (χ3v) is 6.59. The maximum Gasteiger partial charge on any atom is 0.490 e. The van der Waals surface area contributed by atoms with E-state index in [1.165, 1.54) is 0 Å². The van der Waals surface area contributed by atoms with Gasteiger partial charge in [0.15, 0.2) is 0 Å². The van der Waals surface area contributed by atoms with Crippen molar-refractivity contribution in [3.8, 4) is 11.1 Å². The number of urea groups is 1. The summed E-state index contributed by atoms with van der Waals surface area (Å²) in [6, 6.07) is 15.0. The highest BCUT2D eigenvalue weighted by molar-refractivity contribution is 5.99. The van der Waals surface area contributed by atoms with Gasteiger partial charge in [-0.1, -0.05) is 38.1 Å². The maximum absolute atomic E-state index is 13.0. The number of alkyl halides is 3. The van der Waals surface area contributed by atoms with Crippen LogP contribution in [0, 0.1) is 6.92 Å². The number of likely N-dealkylation sites (tertiary alicyclic amines) is 1. The molecule has 0 radical (unpaired) electrons. The quantitative estimate of drug-likeness (QED) is 0.265. The first-order valence-electron chi connectivity index (χ1n) is 13.3. The van der Waals surface area contributed by atoms with E-state index in [-0.39, 0.29) is 17.5 Å². The third kappa shape index (κ3) is 8.77. The first kappa shape index (κ1) is 32.6. The number of nitrogens with zero attached hydrogens (tertiary/aromatic N) is 2. The topological polar surface area (TPSA) is 149 Å². The second-order valence-corrected chi connectivity index (χ2v) is 10.1. The smallest absolute Gasteiger partial charge is 0.478 e. The van der Waals surface area contributed by atoms with Gasteiger partial charge in [0.2, 0.25) is 5.91 Å². The normalized spacial score (nSPS) is 14.5. The molecule has 2 heterocycles. The molecule has 4 rings (SSSR count). The standard InChI is InChI=1S/C28H30N4O4.C2HF3O2/c1-17(2)25-18(3)15-23(16-29-25)31-28(36)32-14-4-5-24(32)26(33)30-22-12-10-20(11-13-22)19-6-8-21(9-7-19)27(34)35;3-2(4,5)1(6)7/h6-13,15-17,24H,4-5,14H2,1-3H3,(H,30,33)(H,31,36)(H,34,35);(H,6,7)/t24-;/m1./s1. The van der Waals surface area contributed by atoms with Crippen molar-refractivity contribution >= 4 is 35.3 Å². The molecule has 0 unspecified atom stereocenters. The number of nitrogens with one attached hydrogen (secondary N) is 2. The van der Waals surface area contributed by atoms with Gasteiger partial charge in [-0.15, -0.1) is 0 Å². The fraction of sp³-hybridized carbons (Fsp3) is 0.300. The number of hydrogen-bond acceptors (Lipinski definition) is 5. The van der Waals surface area contributed by atoms with Crippen LogP contribution in [0.15, 0.2) is 60.8 Å². The lowest BCUT2D eigenvalue weighted by atomic mass is 10.0. The molecule has 0 bridgehead atoms. The summed E-state index contributed by atoms with van der Waals surface area (Å²) < 4.78 is 31.7. The van der Waals surface area contributed by atoms with Gasteiger partial charge in [-0.25, -0.2) is 14.4 Å². The molecular weight excluding hydrogens is 569 g/mol. The van der Waals surface area contributed by atoms with Gasteiger partial charge in [0, 0.05) is 17.9 Å². The summed E-state index contributed by atoms with van der Waals surface area (Å²) in [6.07, 6.45) is -2.08. The Morgan fingerprint density at radius 2 is 1.49 bits per heavy atom. The number of aromatic nitrogens is 1. The van der Waals surface area contributed by atoms with Crippen LogP contribution in [0.2, 0.25) is 0 Å². The van der Waals surface area contributed by atoms with Gasteiger partial charge in [0.25, 0.3) is 0 Å². The average molecular weight is 601 g/mol. The molecule has 43 heavy (non-hydrogen) atoms. The molecule has 2 aromatic carbocycles. The largest absolute Gasteiger partial charge is 0.490 e. The highest BCUT2D eigenvalue weighted by Crippen LogP contribution is 2.25. The van der Waals surface area contributed by atoms with Crippen LogP contribution in [0.1, 0.15) is 54.2 Å². The molecule has 1 saturated heterocycles. The van der Waals surface area contributed by atoms with Crippen LogP contribution in [0.4, 0.5) is 29.3 Å². The fourth-order valence-corrected chi connectivity index (χ4v) is 4.51. The van der Waals surface area contributed by atoms with E-state index in [0.717, 1.165) is 28.8 Å². The van der Waals surface area contributed by atoms with Crippen LogP contribution in [0.3, 0.4) is 0 Å². The van der Waals surface area contributed by atoms with Gasteiger partial charge in [-0.05, 0) is 72.7 Å². The molecule has 0 aliphatic carbocycles. The number of carbonyl (C=O) groups is 4. The third-order valence-electron chi connectivity index (χ3n) is 6.59. The molecule has 1 aliphatic heterocycles. The van der Waals surface area contributed by atoms with Crippen molar-refractivity contribution in [1.29, 1.82) is 0 Å². The minimum atomic E-state index is -5.08. The van der Waals surface area contributed by atoms with E-state index in [4.69, 9.17) is 15.0 Å². The van der Waals surface area contributed by atoms with Gasteiger partial charge in [-0.3, -0.25) is 9.78 Å². The summed E-state index contributed by atoms with van der Waals surface area (Å²) in [7, 11) is 0. The van der Waals surface area contributed by atoms with Gasteiger partial charge in [0.05, 0.1) is 17.4 Å². The zero-order chi connectivity index (χ0) is 31.9. The number of amides is 3. The van der Waals surface area contributed by atoms with Gasteiger partial charge in [0.1, 0.15) is 6.04 Å². The zero-order valence-corrected chi connectivity index (χ0v) is 23.6. The van der Waals surface area contributed by atoms with E-state index >= 15 is 0 Å². The minimum absolute atomic E-state index is 0.228. The molecule has 228 valence electrons. The molecule has 0 saturated carbocycles. The number of aliphatic carboxylic acids is 1. The van der Waals surface area contributed by atoms with Crippen LogP contribution in [0.5, 0.6) is 0 Å². The highest BCUT2D eigenvalue weighted by atomic mass is 19.4. The lowest BCUT2D eigenvalue weighted by Gasteiger charge is -2.24. The highest BCUT2D eigenvalue weighted by Gasteiger charge is 2.38. The Kier molecular flexibility index (Phi) is 10.5. The SMILES string of the molecule is Cc1cc(NC(=O)N2CCC[C@@H]2C(=O)Nc2ccc(-c3ccc(C(=O)O)cc3)cc2)cnc1C(C)C.O=C(O)C(F)(F)F. The number of carboxylic acid groups (broad SMARTS) is 2. The van der Waals surface area contributed by atoms with Gasteiger partial charge >= 0.3 is 24.1 Å². The van der Waals surface area contributed by atoms with E-state index in [2.05, 4.69) is 29.5 Å². The Hall–Kier alpha value is -4.94. The van der Waals surface area contributed by atoms with Crippen molar-refractivity contribution in [1.82, 2.24) is 9.88 Å². The number of aryl methyl sites for hydroxylation is 1. The molecule has 1 fully saturated rings. The molecule has 1 atom stereocenters. The maximum atomic E-state index is 13.0. The fourth-order valence-electron chi connectivity index (χ4n) is 4.51. The lowest BCUT2D eigenvalue weighted by molar-refractivity contribution is -0.192. The first-order chi connectivity index (χ1) is 20.2. The summed E-state index contributed by atoms with van der Waals surface area (Å²) in [4.78, 5) is 51.9. The van der Waals surface area contributed by atoms with E-state index < -0.39 is 24.2 Å². The molecule has 0 spiro atoms. The summed E-state index contributed by atoms with van der Waals surface area (Å²) in [6.45, 7) is 6.63. The van der Waals surface area contributed by atoms with Crippen LogP contribution >= 0.6 is 0 Å². The van der Waals surface area contributed by atoms with Crippen LogP contribution < -0.4 is 10.6 Å². The molecule has 1 aliphatic rings. The van der Waals surface area contributed by atoms with Gasteiger partial charge in [-0.2, -0.15) is 13.2 Å². The zero-order valence-electron chi connectivity index (χ0n) is 23.6. The second kappa shape index (κ2) is 13.8. The number of halogens is 3. The van der Waals surface area contributed by atoms with E-state index in [1.807, 2.05) is 25.1 Å². The summed E-state index contributed by atoms with van der Waals surface area (Å²) >= 11 is 0. The number of rotatable bonds is 6. The van der Waals surface area contributed by atoms with Crippen molar-refractivity contribution in [2.45, 2.75) is 51.7 Å². The average Bonchev–Trinajstić information content (AvgIpc) is 3.44. The van der Waals surface area contributed by atoms with Crippen molar-refractivity contribution in [2.24, 2.45) is 0 Å². The lowest BCUT2D eigenvalue weighted by Crippen LogP contribution is -2.45. The molecule has 10 nitrogen and oxygen atoms in total. The Morgan fingerprint density at radius 3 is 1.98 bits per heavy atom. The monoisotopic (exact) mass is 600 g/mol. The van der Waals surface area contributed by atoms with Crippen LogP contribution in [0.25, 0.3) is 11.1 Å². The van der Waals surface area contributed by atoms with Crippen molar-refractivity contribution in [3.63, 3.8) is 0 Å². The predicted octanol–water partition coefficient (Wildman–Crippen LogP) is 6.15. The Labute approximate surface area is 245 Å². The molecule has 1 aromatic heterocycles. The summed E-state index contributed by atoms with van der Waals surface area (Å²) in [5, 5.41) is 22.0. The van der Waals surface area contributed by atoms with Crippen molar-refractivity contribution in [2.75, 3.05) is 17.2 Å². The summed E-state index contributed by atoms with van der Waals surface area (Å²) in [5.41, 5.74) is 5.25. The van der Waals surface area contributed by atoms with Crippen LogP contribution in [-0.2, 0) is 9.59 Å². The summed E-state index contributed by atoms with van der Waals surface area (Å²) in [5.74, 6) is -3.66. The molecule has 3 amide bonds. The van der Waals surface area contributed by atoms with Crippen LogP contribution in [-0.4, -0.2) is 62.7 Å². The number of hydrogen-bond donors (Lipinski definition) is 4. The number of aromatic carboxylic acids is 1. The molecule has 3 aromatic rings. The van der Waals surface area contributed by atoms with Crippen molar-refractivity contribution < 1.29 is 42.6 Å². The van der Waals surface area contributed by atoms with E-state index in [1.54, 1.807) is 47.5 Å². The number of benzene rings is 2. The predicted molar refractivity (Wildman–Crippen MR) is 153 cm³/mol. The number of anilines is 2. The minimum Gasteiger partial charge on any atom is -0.478 e. The molecule has 13 heteroatoms. The first-order valence-corrected chi connectivity index (χ1v) is 13.3. The Bertz CT molecular complexity index is 1470. The van der Waals surface area contributed by atoms with E-state index in [9.17, 15) is 27.6 Å². The number of carboxylic acids is 2.